The zero-order valence-electron chi connectivity index (χ0n) is 7.92. The monoisotopic (exact) mass is 214 g/mol. The van der Waals surface area contributed by atoms with Crippen LogP contribution in [0.5, 0.6) is 11.5 Å². The van der Waals surface area contributed by atoms with Gasteiger partial charge in [0.05, 0.1) is 5.56 Å². The highest BCUT2D eigenvalue weighted by Gasteiger charge is 2.44. The average molecular weight is 214 g/mol. The molecule has 0 saturated heterocycles. The van der Waals surface area contributed by atoms with Gasteiger partial charge in [-0.1, -0.05) is 13.0 Å². The molecular formula is C10H8F2O3. The lowest BCUT2D eigenvalue weighted by molar-refractivity contribution is -0.286. The van der Waals surface area contributed by atoms with Crippen molar-refractivity contribution < 1.29 is 23.0 Å². The van der Waals surface area contributed by atoms with Crippen LogP contribution in [0.4, 0.5) is 8.78 Å². The van der Waals surface area contributed by atoms with E-state index < -0.39 is 6.29 Å². The number of carbonyl (C=O) groups excluding carboxylic acids is 1. The molecule has 3 nitrogen and oxygen atoms in total. The van der Waals surface area contributed by atoms with E-state index in [1.807, 2.05) is 0 Å². The van der Waals surface area contributed by atoms with Crippen molar-refractivity contribution in [3.8, 4) is 11.5 Å². The molecule has 0 bridgehead atoms. The predicted octanol–water partition coefficient (Wildman–Crippen LogP) is 2.60. The number of para-hydroxylation sites is 1. The lowest BCUT2D eigenvalue weighted by Crippen LogP contribution is -2.26. The Balaban J connectivity index is 2.46. The molecule has 1 aliphatic heterocycles. The summed E-state index contributed by atoms with van der Waals surface area (Å²) in [6, 6.07) is 4.25. The fourth-order valence-electron chi connectivity index (χ4n) is 1.38. The maximum atomic E-state index is 12.7. The summed E-state index contributed by atoms with van der Waals surface area (Å²) in [7, 11) is 0. The summed E-state index contributed by atoms with van der Waals surface area (Å²) < 4.78 is 34.0. The van der Waals surface area contributed by atoms with Gasteiger partial charge in [-0.15, -0.1) is 8.78 Å². The minimum absolute atomic E-state index is 0.0979. The summed E-state index contributed by atoms with van der Waals surface area (Å²) in [6.45, 7) is 1.65. The Morgan fingerprint density at radius 3 is 2.80 bits per heavy atom. The van der Waals surface area contributed by atoms with Gasteiger partial charge >= 0.3 is 6.29 Å². The minimum Gasteiger partial charge on any atom is -0.395 e. The normalized spacial score (nSPS) is 16.5. The van der Waals surface area contributed by atoms with Crippen LogP contribution in [0.25, 0.3) is 0 Å². The van der Waals surface area contributed by atoms with Gasteiger partial charge in [0.2, 0.25) is 0 Å². The van der Waals surface area contributed by atoms with Gasteiger partial charge in [0.25, 0.3) is 0 Å². The van der Waals surface area contributed by atoms with Crippen molar-refractivity contribution in [3.63, 3.8) is 0 Å². The molecule has 5 heteroatoms. The molecule has 1 aromatic carbocycles. The second-order valence-corrected chi connectivity index (χ2v) is 3.08. The highest BCUT2D eigenvalue weighted by atomic mass is 19.3. The Morgan fingerprint density at radius 1 is 1.40 bits per heavy atom. The number of hydrogen-bond acceptors (Lipinski definition) is 3. The molecule has 0 radical (unpaired) electrons. The van der Waals surface area contributed by atoms with Crippen LogP contribution in [0.1, 0.15) is 23.7 Å². The maximum absolute atomic E-state index is 12.7. The Labute approximate surface area is 84.6 Å². The smallest absolute Gasteiger partial charge is 0.395 e. The first-order valence-corrected chi connectivity index (χ1v) is 4.45. The van der Waals surface area contributed by atoms with Crippen LogP contribution in [-0.2, 0) is 0 Å². The van der Waals surface area contributed by atoms with Crippen LogP contribution in [0.15, 0.2) is 18.2 Å². The first-order valence-electron chi connectivity index (χ1n) is 4.45. The summed E-state index contributed by atoms with van der Waals surface area (Å²) in [5.74, 6) is -0.526. The van der Waals surface area contributed by atoms with Gasteiger partial charge in [-0.05, 0) is 12.1 Å². The number of alkyl halides is 2. The van der Waals surface area contributed by atoms with E-state index in [0.29, 0.717) is 0 Å². The second-order valence-electron chi connectivity index (χ2n) is 3.08. The van der Waals surface area contributed by atoms with Gasteiger partial charge in [0.1, 0.15) is 0 Å². The number of ether oxygens (including phenoxy) is 2. The summed E-state index contributed by atoms with van der Waals surface area (Å²) in [5, 5.41) is 0. The van der Waals surface area contributed by atoms with E-state index in [1.165, 1.54) is 18.2 Å². The van der Waals surface area contributed by atoms with E-state index in [1.54, 1.807) is 6.92 Å². The van der Waals surface area contributed by atoms with Crippen molar-refractivity contribution in [1.82, 2.24) is 0 Å². The van der Waals surface area contributed by atoms with E-state index in [4.69, 9.17) is 0 Å². The Morgan fingerprint density at radius 2 is 2.13 bits per heavy atom. The molecule has 0 aromatic heterocycles. The van der Waals surface area contributed by atoms with E-state index in [9.17, 15) is 13.6 Å². The van der Waals surface area contributed by atoms with Gasteiger partial charge in [0, 0.05) is 6.42 Å². The maximum Gasteiger partial charge on any atom is 0.586 e. The molecule has 1 aliphatic rings. The predicted molar refractivity (Wildman–Crippen MR) is 47.3 cm³/mol. The highest BCUT2D eigenvalue weighted by Crippen LogP contribution is 2.43. The van der Waals surface area contributed by atoms with E-state index in [-0.39, 0.29) is 29.3 Å². The number of carbonyl (C=O) groups is 1. The highest BCUT2D eigenvalue weighted by molar-refractivity contribution is 5.99. The zero-order valence-corrected chi connectivity index (χ0v) is 7.92. The molecule has 0 saturated carbocycles. The number of hydrogen-bond donors (Lipinski definition) is 0. The van der Waals surface area contributed by atoms with Crippen LogP contribution < -0.4 is 9.47 Å². The van der Waals surface area contributed by atoms with Crippen molar-refractivity contribution in [2.75, 3.05) is 0 Å². The first kappa shape index (κ1) is 9.89. The van der Waals surface area contributed by atoms with Gasteiger partial charge < -0.3 is 9.47 Å². The molecule has 0 spiro atoms. The SMILES string of the molecule is CCC(=O)c1cccc2c1OC(F)(F)O2. The number of rotatable bonds is 2. The van der Waals surface area contributed by atoms with Crippen LogP contribution in [-0.4, -0.2) is 12.1 Å². The van der Waals surface area contributed by atoms with Gasteiger partial charge in [-0.3, -0.25) is 4.79 Å². The van der Waals surface area contributed by atoms with Gasteiger partial charge in [-0.2, -0.15) is 0 Å². The van der Waals surface area contributed by atoms with E-state index in [0.717, 1.165) is 0 Å². The molecule has 0 amide bonds. The summed E-state index contributed by atoms with van der Waals surface area (Å²) in [6.07, 6.45) is -3.45. The molecule has 15 heavy (non-hydrogen) atoms. The van der Waals surface area contributed by atoms with Crippen LogP contribution in [0.3, 0.4) is 0 Å². The van der Waals surface area contributed by atoms with Crippen molar-refractivity contribution in [2.45, 2.75) is 19.6 Å². The fraction of sp³-hybridized carbons (Fsp3) is 0.300. The van der Waals surface area contributed by atoms with E-state index in [2.05, 4.69) is 9.47 Å². The van der Waals surface area contributed by atoms with Gasteiger partial charge in [-0.25, -0.2) is 0 Å². The molecule has 80 valence electrons. The number of ketones is 1. The molecular weight excluding hydrogens is 206 g/mol. The Hall–Kier alpha value is -1.65. The molecule has 0 unspecified atom stereocenters. The fourth-order valence-corrected chi connectivity index (χ4v) is 1.38. The topological polar surface area (TPSA) is 35.5 Å². The Bertz CT molecular complexity index is 415. The second kappa shape index (κ2) is 3.18. The van der Waals surface area contributed by atoms with Crippen LogP contribution in [0, 0.1) is 0 Å². The molecule has 1 heterocycles. The number of fused-ring (bicyclic) bond motifs is 1. The number of benzene rings is 1. The molecule has 2 rings (SSSR count). The zero-order chi connectivity index (χ0) is 11.1. The first-order chi connectivity index (χ1) is 7.03. The van der Waals surface area contributed by atoms with E-state index >= 15 is 0 Å². The molecule has 0 fully saturated rings. The van der Waals surface area contributed by atoms with Crippen molar-refractivity contribution in [1.29, 1.82) is 0 Å². The minimum atomic E-state index is -3.67. The third-order valence-corrected chi connectivity index (χ3v) is 2.05. The standard InChI is InChI=1S/C10H8F2O3/c1-2-7(13)6-4-3-5-8-9(6)15-10(11,12)14-8/h3-5H,2H2,1H3. The third kappa shape index (κ3) is 1.65. The summed E-state index contributed by atoms with van der Waals surface area (Å²) in [4.78, 5) is 11.4. The lowest BCUT2D eigenvalue weighted by Gasteiger charge is -2.05. The van der Waals surface area contributed by atoms with Crippen molar-refractivity contribution >= 4 is 5.78 Å². The molecule has 0 N–H and O–H groups in total. The lowest BCUT2D eigenvalue weighted by atomic mass is 10.1. The summed E-state index contributed by atoms with van der Waals surface area (Å²) >= 11 is 0. The van der Waals surface area contributed by atoms with Crippen molar-refractivity contribution in [3.05, 3.63) is 23.8 Å². The quantitative estimate of drug-likeness (QED) is 0.710. The number of halogens is 2. The summed E-state index contributed by atoms with van der Waals surface area (Å²) in [5.41, 5.74) is 0.132. The third-order valence-electron chi connectivity index (χ3n) is 2.05. The van der Waals surface area contributed by atoms with Crippen LogP contribution >= 0.6 is 0 Å². The Kier molecular flexibility index (Phi) is 2.10. The average Bonchev–Trinajstić information content (AvgIpc) is 2.49. The molecule has 0 atom stereocenters. The molecule has 0 aliphatic carbocycles. The van der Waals surface area contributed by atoms with Crippen molar-refractivity contribution in [2.24, 2.45) is 0 Å². The van der Waals surface area contributed by atoms with Gasteiger partial charge in [0.15, 0.2) is 17.3 Å². The molecule has 1 aromatic rings. The largest absolute Gasteiger partial charge is 0.586 e. The van der Waals surface area contributed by atoms with Crippen LogP contribution in [0.2, 0.25) is 0 Å². The number of Topliss-reactive ketones (excluding diaryl/α,β-unsaturated/α-hetero) is 1.